The molecule has 0 N–H and O–H groups in total. The number of carbonyl (C=O) groups is 2. The van der Waals surface area contributed by atoms with E-state index >= 15 is 0 Å². The van der Waals surface area contributed by atoms with Gasteiger partial charge in [-0.1, -0.05) is 74.5 Å². The second kappa shape index (κ2) is 7.70. The molecule has 144 valence electrons. The fourth-order valence-corrected chi connectivity index (χ4v) is 5.09. The third-order valence-electron chi connectivity index (χ3n) is 5.50. The van der Waals surface area contributed by atoms with E-state index in [0.717, 1.165) is 21.1 Å². The fourth-order valence-electron chi connectivity index (χ4n) is 4.16. The first kappa shape index (κ1) is 19.2. The van der Waals surface area contributed by atoms with Crippen molar-refractivity contribution in [3.8, 4) is 0 Å². The Hall–Kier alpha value is -2.15. The Morgan fingerprint density at radius 1 is 1.04 bits per heavy atom. The highest BCUT2D eigenvalue weighted by atomic mass is 127. The summed E-state index contributed by atoms with van der Waals surface area (Å²) < 4.78 is 6.88. The van der Waals surface area contributed by atoms with Crippen LogP contribution in [-0.4, -0.2) is 22.8 Å². The summed E-state index contributed by atoms with van der Waals surface area (Å²) in [5.41, 5.74) is 2.23. The predicted molar refractivity (Wildman–Crippen MR) is 115 cm³/mol. The zero-order valence-corrected chi connectivity index (χ0v) is 18.0. The minimum Gasteiger partial charge on any atom is -0.448 e. The quantitative estimate of drug-likeness (QED) is 0.344. The van der Waals surface area contributed by atoms with Gasteiger partial charge in [-0.05, 0) is 39.6 Å². The van der Waals surface area contributed by atoms with Crippen molar-refractivity contribution in [2.24, 2.45) is 11.8 Å². The lowest BCUT2D eigenvalue weighted by atomic mass is 9.79. The molecule has 1 amide bonds. The largest absolute Gasteiger partial charge is 0.448 e. The molecule has 0 aromatic heterocycles. The first-order chi connectivity index (χ1) is 13.5. The maximum Gasteiger partial charge on any atom is 0.356 e. The molecule has 2 aromatic rings. The molecule has 1 fully saturated rings. The molecule has 28 heavy (non-hydrogen) atoms. The summed E-state index contributed by atoms with van der Waals surface area (Å²) in [5.74, 6) is -0.126. The number of fused-ring (bicyclic) bond motifs is 1. The Labute approximate surface area is 178 Å². The van der Waals surface area contributed by atoms with Crippen LogP contribution >= 0.6 is 22.6 Å². The Morgan fingerprint density at radius 2 is 1.57 bits per heavy atom. The highest BCUT2D eigenvalue weighted by Crippen LogP contribution is 2.47. The van der Waals surface area contributed by atoms with Crippen LogP contribution in [0, 0.1) is 11.8 Å². The van der Waals surface area contributed by atoms with Crippen molar-refractivity contribution in [3.63, 3.8) is 0 Å². The molecule has 4 rings (SSSR count). The van der Waals surface area contributed by atoms with Crippen LogP contribution in [0.15, 0.2) is 69.9 Å². The first-order valence-electron chi connectivity index (χ1n) is 9.51. The average Bonchev–Trinajstić information content (AvgIpc) is 2.99. The number of nitrogens with zero attached hydrogens (tertiary/aromatic N) is 1. The van der Waals surface area contributed by atoms with Gasteiger partial charge in [0.2, 0.25) is 5.91 Å². The van der Waals surface area contributed by atoms with Gasteiger partial charge in [0.15, 0.2) is 6.10 Å². The number of esters is 1. The molecule has 2 unspecified atom stereocenters. The standard InChI is InChI=1S/C23H22INO3/c1-14(2)19-18-13-17(24)20(25(18)22(19)26)23(27)28-21(15-9-5-3-6-10-15)16-11-7-4-8-12-16/h3-12,14,18-19,21H,13H2,1-2H3. The third-order valence-corrected chi connectivity index (χ3v) is 6.45. The molecule has 1 saturated heterocycles. The van der Waals surface area contributed by atoms with Crippen LogP contribution in [-0.2, 0) is 14.3 Å². The van der Waals surface area contributed by atoms with E-state index in [1.165, 1.54) is 0 Å². The van der Waals surface area contributed by atoms with Gasteiger partial charge in [-0.25, -0.2) is 4.79 Å². The van der Waals surface area contributed by atoms with Gasteiger partial charge >= 0.3 is 5.97 Å². The van der Waals surface area contributed by atoms with Crippen LogP contribution < -0.4 is 0 Å². The minimum atomic E-state index is -0.511. The predicted octanol–water partition coefficient (Wildman–Crippen LogP) is 4.85. The number of benzene rings is 2. The summed E-state index contributed by atoms with van der Waals surface area (Å²) in [7, 11) is 0. The number of hydrogen-bond donors (Lipinski definition) is 0. The molecule has 0 spiro atoms. The van der Waals surface area contributed by atoms with Gasteiger partial charge in [0.05, 0.1) is 12.0 Å². The topological polar surface area (TPSA) is 46.6 Å². The third kappa shape index (κ3) is 3.26. The molecule has 2 aliphatic heterocycles. The van der Waals surface area contributed by atoms with E-state index in [4.69, 9.17) is 4.74 Å². The summed E-state index contributed by atoms with van der Waals surface area (Å²) >= 11 is 2.18. The monoisotopic (exact) mass is 487 g/mol. The number of halogens is 1. The average molecular weight is 487 g/mol. The molecule has 0 saturated carbocycles. The van der Waals surface area contributed by atoms with Gasteiger partial charge in [-0.3, -0.25) is 4.79 Å². The molecule has 2 heterocycles. The van der Waals surface area contributed by atoms with Crippen LogP contribution in [0.3, 0.4) is 0 Å². The lowest BCUT2D eigenvalue weighted by Gasteiger charge is -2.45. The Balaban J connectivity index is 1.61. The number of β-lactam (4-membered cyclic amide) rings is 1. The van der Waals surface area contributed by atoms with Crippen molar-refractivity contribution in [3.05, 3.63) is 81.1 Å². The molecule has 0 aliphatic carbocycles. The summed E-state index contributed by atoms with van der Waals surface area (Å²) in [6.07, 6.45) is 0.226. The normalized spacial score (nSPS) is 21.2. The van der Waals surface area contributed by atoms with Crippen molar-refractivity contribution in [2.75, 3.05) is 0 Å². The van der Waals surface area contributed by atoms with Crippen LogP contribution in [0.4, 0.5) is 0 Å². The molecule has 2 aromatic carbocycles. The second-order valence-corrected chi connectivity index (χ2v) is 8.91. The van der Waals surface area contributed by atoms with Crippen LogP contribution in [0.5, 0.6) is 0 Å². The van der Waals surface area contributed by atoms with E-state index in [0.29, 0.717) is 5.70 Å². The van der Waals surface area contributed by atoms with Crippen molar-refractivity contribution in [1.82, 2.24) is 4.90 Å². The highest BCUT2D eigenvalue weighted by Gasteiger charge is 2.56. The Bertz CT molecular complexity index is 884. The van der Waals surface area contributed by atoms with Crippen LogP contribution in [0.2, 0.25) is 0 Å². The van der Waals surface area contributed by atoms with Gasteiger partial charge in [0, 0.05) is 10.0 Å². The zero-order valence-electron chi connectivity index (χ0n) is 15.8. The zero-order chi connectivity index (χ0) is 19.8. The smallest absolute Gasteiger partial charge is 0.356 e. The number of carbonyl (C=O) groups excluding carboxylic acids is 2. The van der Waals surface area contributed by atoms with Crippen molar-refractivity contribution >= 4 is 34.5 Å². The Kier molecular flexibility index (Phi) is 5.27. The SMILES string of the molecule is CC(C)C1C(=O)N2C(C(=O)OC(c3ccccc3)c3ccccc3)=C(I)CC12. The van der Waals surface area contributed by atoms with Crippen molar-refractivity contribution in [1.29, 1.82) is 0 Å². The second-order valence-electron chi connectivity index (χ2n) is 7.61. The molecule has 2 aliphatic rings. The molecule has 0 radical (unpaired) electrons. The molecular weight excluding hydrogens is 465 g/mol. The van der Waals surface area contributed by atoms with Gasteiger partial charge in [0.1, 0.15) is 5.70 Å². The molecule has 5 heteroatoms. The van der Waals surface area contributed by atoms with Gasteiger partial charge in [-0.15, -0.1) is 0 Å². The molecule has 2 atom stereocenters. The van der Waals surface area contributed by atoms with Crippen molar-refractivity contribution < 1.29 is 14.3 Å². The lowest BCUT2D eigenvalue weighted by molar-refractivity contribution is -0.160. The number of ether oxygens (including phenoxy) is 1. The highest BCUT2D eigenvalue weighted by molar-refractivity contribution is 14.1. The molecule has 0 bridgehead atoms. The lowest BCUT2D eigenvalue weighted by Crippen LogP contribution is -2.60. The fraction of sp³-hybridized carbons (Fsp3) is 0.304. The molecule has 4 nitrogen and oxygen atoms in total. The van der Waals surface area contributed by atoms with Gasteiger partial charge < -0.3 is 9.64 Å². The van der Waals surface area contributed by atoms with E-state index in [9.17, 15) is 9.59 Å². The first-order valence-corrected chi connectivity index (χ1v) is 10.6. The van der Waals surface area contributed by atoms with E-state index in [-0.39, 0.29) is 23.8 Å². The van der Waals surface area contributed by atoms with E-state index in [1.807, 2.05) is 60.7 Å². The summed E-state index contributed by atoms with van der Waals surface area (Å²) in [6.45, 7) is 4.12. The maximum absolute atomic E-state index is 13.1. The summed E-state index contributed by atoms with van der Waals surface area (Å²) in [4.78, 5) is 27.5. The maximum atomic E-state index is 13.1. The van der Waals surface area contributed by atoms with Gasteiger partial charge in [0.25, 0.3) is 0 Å². The van der Waals surface area contributed by atoms with Crippen molar-refractivity contribution in [2.45, 2.75) is 32.4 Å². The Morgan fingerprint density at radius 3 is 2.07 bits per heavy atom. The van der Waals surface area contributed by atoms with E-state index < -0.39 is 12.1 Å². The number of amides is 1. The minimum absolute atomic E-state index is 0.00545. The van der Waals surface area contributed by atoms with Crippen LogP contribution in [0.25, 0.3) is 0 Å². The van der Waals surface area contributed by atoms with Crippen LogP contribution in [0.1, 0.15) is 37.5 Å². The number of rotatable bonds is 5. The summed E-state index contributed by atoms with van der Waals surface area (Å²) in [6, 6.07) is 19.5. The number of hydrogen-bond acceptors (Lipinski definition) is 3. The molecular formula is C23H22INO3. The van der Waals surface area contributed by atoms with Gasteiger partial charge in [-0.2, -0.15) is 0 Å². The van der Waals surface area contributed by atoms with E-state index in [1.54, 1.807) is 4.90 Å². The summed E-state index contributed by atoms with van der Waals surface area (Å²) in [5, 5.41) is 0. The van der Waals surface area contributed by atoms with E-state index in [2.05, 4.69) is 36.4 Å².